The van der Waals surface area contributed by atoms with Crippen molar-refractivity contribution in [1.82, 2.24) is 5.32 Å². The average molecular weight is 247 g/mol. The lowest BCUT2D eigenvalue weighted by atomic mass is 10.1. The number of hydrogen-bond donors (Lipinski definition) is 1. The van der Waals surface area contributed by atoms with Crippen molar-refractivity contribution in [1.29, 1.82) is 0 Å². The topological polar surface area (TPSA) is 84.6 Å². The van der Waals surface area contributed by atoms with Gasteiger partial charge in [-0.2, -0.15) is 0 Å². The van der Waals surface area contributed by atoms with Gasteiger partial charge < -0.3 is 5.32 Å². The second-order valence-corrected chi connectivity index (χ2v) is 4.06. The van der Waals surface area contributed by atoms with Crippen LogP contribution in [0.3, 0.4) is 0 Å². The van der Waals surface area contributed by atoms with Gasteiger partial charge in [-0.25, -0.2) is 0 Å². The molecular weight excluding hydrogens is 234 g/mol. The Labute approximate surface area is 104 Å². The Hall–Kier alpha value is -2.24. The van der Waals surface area contributed by atoms with Crippen LogP contribution in [0.25, 0.3) is 0 Å². The Morgan fingerprint density at radius 1 is 1.56 bits per heavy atom. The first-order valence-corrected chi connectivity index (χ1v) is 5.73. The van der Waals surface area contributed by atoms with Gasteiger partial charge in [-0.3, -0.25) is 19.9 Å². The normalized spacial score (nSPS) is 12.8. The molecule has 0 spiro atoms. The highest BCUT2D eigenvalue weighted by Gasteiger charge is 2.20. The lowest BCUT2D eigenvalue weighted by Gasteiger charge is -2.05. The number of nitro benzene ring substituents is 1. The molecule has 0 saturated heterocycles. The summed E-state index contributed by atoms with van der Waals surface area (Å²) >= 11 is 0. The van der Waals surface area contributed by atoms with Crippen LogP contribution in [0.15, 0.2) is 23.2 Å². The third kappa shape index (κ3) is 2.37. The third-order valence-electron chi connectivity index (χ3n) is 2.70. The molecule has 1 aromatic rings. The summed E-state index contributed by atoms with van der Waals surface area (Å²) in [5.74, 6) is 0.322. The van der Waals surface area contributed by atoms with Crippen LogP contribution in [0.5, 0.6) is 0 Å². The van der Waals surface area contributed by atoms with E-state index in [9.17, 15) is 14.9 Å². The molecule has 0 unspecified atom stereocenters. The molecule has 1 N–H and O–H groups in total. The van der Waals surface area contributed by atoms with E-state index in [2.05, 4.69) is 10.3 Å². The van der Waals surface area contributed by atoms with Crippen molar-refractivity contribution < 1.29 is 9.72 Å². The van der Waals surface area contributed by atoms with Crippen LogP contribution in [0, 0.1) is 10.1 Å². The van der Waals surface area contributed by atoms with Crippen molar-refractivity contribution in [2.45, 2.75) is 26.3 Å². The van der Waals surface area contributed by atoms with E-state index in [4.69, 9.17) is 0 Å². The smallest absolute Gasteiger partial charge is 0.270 e. The molecule has 0 aliphatic carbocycles. The fraction of sp³-hybridized carbons (Fsp3) is 0.333. The number of nitro groups is 1. The monoisotopic (exact) mass is 247 g/mol. The highest BCUT2D eigenvalue weighted by atomic mass is 16.6. The molecule has 1 amide bonds. The third-order valence-corrected chi connectivity index (χ3v) is 2.70. The van der Waals surface area contributed by atoms with E-state index >= 15 is 0 Å². The van der Waals surface area contributed by atoms with Gasteiger partial charge in [0.05, 0.1) is 11.5 Å². The van der Waals surface area contributed by atoms with Crippen molar-refractivity contribution in [2.75, 3.05) is 0 Å². The molecular formula is C12H13N3O3. The molecule has 1 aliphatic rings. The zero-order chi connectivity index (χ0) is 13.1. The molecule has 6 nitrogen and oxygen atoms in total. The van der Waals surface area contributed by atoms with Crippen molar-refractivity contribution in [2.24, 2.45) is 4.99 Å². The van der Waals surface area contributed by atoms with Crippen molar-refractivity contribution >= 4 is 17.4 Å². The van der Waals surface area contributed by atoms with Gasteiger partial charge in [0, 0.05) is 24.1 Å². The van der Waals surface area contributed by atoms with Crippen LogP contribution < -0.4 is 5.32 Å². The molecule has 0 aromatic heterocycles. The maximum Gasteiger partial charge on any atom is 0.270 e. The van der Waals surface area contributed by atoms with E-state index in [1.807, 2.05) is 6.92 Å². The number of carbonyl (C=O) groups excluding carboxylic acids is 1. The van der Waals surface area contributed by atoms with Gasteiger partial charge in [0.2, 0.25) is 5.91 Å². The predicted octanol–water partition coefficient (Wildman–Crippen LogP) is 1.77. The number of benzene rings is 1. The molecule has 1 aliphatic heterocycles. The SMILES string of the molecule is CCCC(=O)NC1=NCc2ccc([N+](=O)[O-])cc21. The Balaban J connectivity index is 2.22. The van der Waals surface area contributed by atoms with E-state index in [-0.39, 0.29) is 11.6 Å². The lowest BCUT2D eigenvalue weighted by molar-refractivity contribution is -0.384. The number of amidine groups is 1. The van der Waals surface area contributed by atoms with Crippen LogP contribution in [0.1, 0.15) is 30.9 Å². The van der Waals surface area contributed by atoms with Crippen molar-refractivity contribution in [3.63, 3.8) is 0 Å². The fourth-order valence-electron chi connectivity index (χ4n) is 1.81. The maximum absolute atomic E-state index is 11.5. The van der Waals surface area contributed by atoms with E-state index in [0.29, 0.717) is 24.4 Å². The number of amides is 1. The van der Waals surface area contributed by atoms with E-state index < -0.39 is 4.92 Å². The van der Waals surface area contributed by atoms with Gasteiger partial charge in [0.15, 0.2) is 0 Å². The number of aliphatic imine (C=N–C) groups is 1. The largest absolute Gasteiger partial charge is 0.310 e. The average Bonchev–Trinajstić information content (AvgIpc) is 2.72. The van der Waals surface area contributed by atoms with E-state index in [1.54, 1.807) is 6.07 Å². The predicted molar refractivity (Wildman–Crippen MR) is 66.4 cm³/mol. The van der Waals surface area contributed by atoms with Gasteiger partial charge >= 0.3 is 0 Å². The maximum atomic E-state index is 11.5. The molecule has 0 saturated carbocycles. The zero-order valence-corrected chi connectivity index (χ0v) is 9.97. The summed E-state index contributed by atoms with van der Waals surface area (Å²) in [6.45, 7) is 2.36. The minimum atomic E-state index is -0.454. The number of nitrogens with zero attached hydrogens (tertiary/aromatic N) is 2. The molecule has 0 atom stereocenters. The second-order valence-electron chi connectivity index (χ2n) is 4.06. The van der Waals surface area contributed by atoms with Crippen LogP contribution >= 0.6 is 0 Å². The lowest BCUT2D eigenvalue weighted by Crippen LogP contribution is -2.29. The van der Waals surface area contributed by atoms with Gasteiger partial charge in [0.1, 0.15) is 5.84 Å². The van der Waals surface area contributed by atoms with Gasteiger partial charge in [-0.05, 0) is 18.1 Å². The molecule has 0 bridgehead atoms. The number of fused-ring (bicyclic) bond motifs is 1. The van der Waals surface area contributed by atoms with Crippen LogP contribution in [0.2, 0.25) is 0 Å². The number of hydrogen-bond acceptors (Lipinski definition) is 4. The fourth-order valence-corrected chi connectivity index (χ4v) is 1.81. The Kier molecular flexibility index (Phi) is 3.36. The number of rotatable bonds is 3. The zero-order valence-electron chi connectivity index (χ0n) is 9.97. The summed E-state index contributed by atoms with van der Waals surface area (Å²) in [7, 11) is 0. The highest BCUT2D eigenvalue weighted by molar-refractivity contribution is 6.10. The summed E-state index contributed by atoms with van der Waals surface area (Å²) in [5.41, 5.74) is 1.55. The van der Waals surface area contributed by atoms with Crippen LogP contribution in [-0.4, -0.2) is 16.7 Å². The first-order valence-electron chi connectivity index (χ1n) is 5.73. The first-order chi connectivity index (χ1) is 8.61. The second kappa shape index (κ2) is 4.95. The first kappa shape index (κ1) is 12.2. The molecule has 0 radical (unpaired) electrons. The van der Waals surface area contributed by atoms with E-state index in [0.717, 1.165) is 12.0 Å². The molecule has 1 heterocycles. The van der Waals surface area contributed by atoms with E-state index in [1.165, 1.54) is 12.1 Å². The summed E-state index contributed by atoms with van der Waals surface area (Å²) in [4.78, 5) is 25.9. The molecule has 2 rings (SSSR count). The quantitative estimate of drug-likeness (QED) is 0.652. The van der Waals surface area contributed by atoms with Crippen molar-refractivity contribution in [3.05, 3.63) is 39.4 Å². The number of nitrogens with one attached hydrogen (secondary N) is 1. The Morgan fingerprint density at radius 3 is 3.00 bits per heavy atom. The minimum Gasteiger partial charge on any atom is -0.310 e. The summed E-state index contributed by atoms with van der Waals surface area (Å²) in [6.07, 6.45) is 1.17. The summed E-state index contributed by atoms with van der Waals surface area (Å²) in [6, 6.07) is 4.58. The standard InChI is InChI=1S/C12H13N3O3/c1-2-3-11(16)14-12-10-6-9(15(17)18)5-4-8(10)7-13-12/h4-6H,2-3,7H2,1H3,(H,13,14,16). The number of carbonyl (C=O) groups is 1. The van der Waals surface area contributed by atoms with Crippen molar-refractivity contribution in [3.8, 4) is 0 Å². The summed E-state index contributed by atoms with van der Waals surface area (Å²) in [5, 5.41) is 13.4. The van der Waals surface area contributed by atoms with Gasteiger partial charge in [0.25, 0.3) is 5.69 Å². The Morgan fingerprint density at radius 2 is 2.33 bits per heavy atom. The molecule has 6 heteroatoms. The molecule has 94 valence electrons. The Bertz CT molecular complexity index is 537. The molecule has 1 aromatic carbocycles. The van der Waals surface area contributed by atoms with Crippen LogP contribution in [0.4, 0.5) is 5.69 Å². The van der Waals surface area contributed by atoms with Gasteiger partial charge in [-0.15, -0.1) is 0 Å². The highest BCUT2D eigenvalue weighted by Crippen LogP contribution is 2.23. The number of non-ortho nitro benzene ring substituents is 1. The van der Waals surface area contributed by atoms with Gasteiger partial charge in [-0.1, -0.05) is 6.92 Å². The minimum absolute atomic E-state index is 0.00749. The van der Waals surface area contributed by atoms with Crippen LogP contribution in [-0.2, 0) is 11.3 Å². The molecule has 18 heavy (non-hydrogen) atoms. The summed E-state index contributed by atoms with van der Waals surface area (Å²) < 4.78 is 0. The molecule has 0 fully saturated rings.